The molecule has 2 aliphatic heterocycles. The molecule has 2 bridgehead atoms. The van der Waals surface area contributed by atoms with E-state index in [1.807, 2.05) is 0 Å². The molecule has 12 heavy (non-hydrogen) atoms. The Kier molecular flexibility index (Phi) is 1.88. The van der Waals surface area contributed by atoms with Crippen molar-refractivity contribution in [1.29, 1.82) is 0 Å². The first kappa shape index (κ1) is 8.44. The van der Waals surface area contributed by atoms with E-state index in [-0.39, 0.29) is 6.04 Å². The molecule has 4 heteroatoms. The molecule has 0 amide bonds. The van der Waals surface area contributed by atoms with Crippen LogP contribution in [0.1, 0.15) is 25.7 Å². The predicted molar refractivity (Wildman–Crippen MR) is 42.4 cm³/mol. The average molecular weight is 173 g/mol. The van der Waals surface area contributed by atoms with Crippen LogP contribution in [0.25, 0.3) is 0 Å². The Bertz CT molecular complexity index is 187. The molecule has 4 nitrogen and oxygen atoms in total. The van der Waals surface area contributed by atoms with E-state index >= 15 is 0 Å². The number of aliphatic hydroxyl groups is 3. The van der Waals surface area contributed by atoms with E-state index < -0.39 is 17.9 Å². The van der Waals surface area contributed by atoms with Crippen LogP contribution in [0.4, 0.5) is 0 Å². The van der Waals surface area contributed by atoms with Crippen molar-refractivity contribution >= 4 is 0 Å². The van der Waals surface area contributed by atoms with Crippen LogP contribution < -0.4 is 5.32 Å². The fraction of sp³-hybridized carbons (Fsp3) is 1.00. The van der Waals surface area contributed by atoms with Gasteiger partial charge in [-0.05, 0) is 19.3 Å². The van der Waals surface area contributed by atoms with Gasteiger partial charge in [-0.2, -0.15) is 0 Å². The maximum absolute atomic E-state index is 9.82. The van der Waals surface area contributed by atoms with Gasteiger partial charge in [0.1, 0.15) is 11.8 Å². The second kappa shape index (κ2) is 2.67. The summed E-state index contributed by atoms with van der Waals surface area (Å²) in [6.45, 7) is 0. The highest BCUT2D eigenvalue weighted by atomic mass is 16.4. The lowest BCUT2D eigenvalue weighted by molar-refractivity contribution is -0.102. The summed E-state index contributed by atoms with van der Waals surface area (Å²) in [6.07, 6.45) is 1.44. The van der Waals surface area contributed by atoms with Gasteiger partial charge in [-0.15, -0.1) is 0 Å². The van der Waals surface area contributed by atoms with Crippen molar-refractivity contribution in [3.8, 4) is 0 Å². The van der Waals surface area contributed by atoms with Crippen LogP contribution in [0.15, 0.2) is 0 Å². The maximum Gasteiger partial charge on any atom is 0.145 e. The van der Waals surface area contributed by atoms with E-state index in [9.17, 15) is 15.3 Å². The topological polar surface area (TPSA) is 72.7 Å². The van der Waals surface area contributed by atoms with E-state index in [2.05, 4.69) is 5.32 Å². The molecule has 0 saturated carbocycles. The van der Waals surface area contributed by atoms with Crippen molar-refractivity contribution in [2.75, 3.05) is 0 Å². The van der Waals surface area contributed by atoms with Crippen molar-refractivity contribution in [3.05, 3.63) is 0 Å². The number of hydrogen-bond acceptors (Lipinski definition) is 4. The summed E-state index contributed by atoms with van der Waals surface area (Å²) in [7, 11) is 0. The molecule has 0 unspecified atom stereocenters. The molecule has 2 aliphatic rings. The summed E-state index contributed by atoms with van der Waals surface area (Å²) in [6, 6.07) is -0.132. The van der Waals surface area contributed by atoms with Crippen LogP contribution in [0.2, 0.25) is 0 Å². The van der Waals surface area contributed by atoms with Crippen molar-refractivity contribution in [2.24, 2.45) is 0 Å². The Morgan fingerprint density at radius 2 is 2.00 bits per heavy atom. The van der Waals surface area contributed by atoms with Crippen molar-refractivity contribution in [1.82, 2.24) is 5.32 Å². The fourth-order valence-electron chi connectivity index (χ4n) is 2.22. The van der Waals surface area contributed by atoms with Gasteiger partial charge in [0.2, 0.25) is 0 Å². The van der Waals surface area contributed by atoms with Crippen molar-refractivity contribution in [2.45, 2.75) is 49.7 Å². The lowest BCUT2D eigenvalue weighted by Crippen LogP contribution is -2.48. The third kappa shape index (κ3) is 1.07. The number of fused-ring (bicyclic) bond motifs is 2. The van der Waals surface area contributed by atoms with Gasteiger partial charge in [0, 0.05) is 6.04 Å². The molecule has 2 saturated heterocycles. The molecule has 0 radical (unpaired) electrons. The molecule has 70 valence electrons. The highest BCUT2D eigenvalue weighted by Crippen LogP contribution is 2.32. The quantitative estimate of drug-likeness (QED) is 0.377. The summed E-state index contributed by atoms with van der Waals surface area (Å²) in [4.78, 5) is 0. The molecule has 0 aromatic rings. The van der Waals surface area contributed by atoms with Gasteiger partial charge in [0.25, 0.3) is 0 Å². The number of hydrogen-bond donors (Lipinski definition) is 4. The van der Waals surface area contributed by atoms with E-state index in [4.69, 9.17) is 0 Å². The lowest BCUT2D eigenvalue weighted by atomic mass is 9.94. The van der Waals surface area contributed by atoms with Gasteiger partial charge in [-0.1, -0.05) is 6.42 Å². The Morgan fingerprint density at radius 3 is 2.75 bits per heavy atom. The molecule has 0 aliphatic carbocycles. The molecular weight excluding hydrogens is 158 g/mol. The Hall–Kier alpha value is -0.160. The SMILES string of the molecule is O[C@H]1[C@@H]2CCCC[C@@](O)(N2)[C@H]1O. The molecule has 4 atom stereocenters. The third-order valence-electron chi connectivity index (χ3n) is 2.98. The van der Waals surface area contributed by atoms with Crippen LogP contribution in [0.5, 0.6) is 0 Å². The summed E-state index contributed by atoms with van der Waals surface area (Å²) in [5.74, 6) is 0. The largest absolute Gasteiger partial charge is 0.389 e. The monoisotopic (exact) mass is 173 g/mol. The van der Waals surface area contributed by atoms with Crippen LogP contribution in [0.3, 0.4) is 0 Å². The van der Waals surface area contributed by atoms with Crippen LogP contribution >= 0.6 is 0 Å². The summed E-state index contributed by atoms with van der Waals surface area (Å²) in [5, 5.41) is 31.7. The molecule has 4 N–H and O–H groups in total. The smallest absolute Gasteiger partial charge is 0.145 e. The second-order valence-corrected chi connectivity index (χ2v) is 3.86. The Morgan fingerprint density at radius 1 is 1.25 bits per heavy atom. The van der Waals surface area contributed by atoms with Gasteiger partial charge in [-0.3, -0.25) is 5.32 Å². The first-order valence-electron chi connectivity index (χ1n) is 4.50. The van der Waals surface area contributed by atoms with Crippen LogP contribution in [-0.4, -0.2) is 39.3 Å². The molecule has 0 aromatic heterocycles. The van der Waals surface area contributed by atoms with Gasteiger partial charge in [-0.25, -0.2) is 0 Å². The van der Waals surface area contributed by atoms with Gasteiger partial charge in [0.15, 0.2) is 0 Å². The molecule has 0 aromatic carbocycles. The zero-order valence-corrected chi connectivity index (χ0v) is 6.90. The Balaban J connectivity index is 2.21. The highest BCUT2D eigenvalue weighted by Gasteiger charge is 2.51. The minimum atomic E-state index is -1.24. The summed E-state index contributed by atoms with van der Waals surface area (Å²) in [5.41, 5.74) is -1.24. The van der Waals surface area contributed by atoms with Gasteiger partial charge < -0.3 is 15.3 Å². The minimum absolute atomic E-state index is 0.132. The summed E-state index contributed by atoms with van der Waals surface area (Å²) < 4.78 is 0. The molecule has 0 spiro atoms. The van der Waals surface area contributed by atoms with Crippen molar-refractivity contribution in [3.63, 3.8) is 0 Å². The number of nitrogens with one attached hydrogen (secondary N) is 1. The standard InChI is InChI=1S/C8H15NO3/c10-6-5-3-1-2-4-8(12,9-5)7(6)11/h5-7,9-12H,1-4H2/t5-,6-,7-,8-/m0/s1. The normalized spacial score (nSPS) is 53.8. The first-order valence-corrected chi connectivity index (χ1v) is 4.50. The lowest BCUT2D eigenvalue weighted by Gasteiger charge is -2.26. The third-order valence-corrected chi connectivity index (χ3v) is 2.98. The van der Waals surface area contributed by atoms with E-state index in [1.54, 1.807) is 0 Å². The van der Waals surface area contributed by atoms with E-state index in [0.717, 1.165) is 19.3 Å². The van der Waals surface area contributed by atoms with Crippen LogP contribution in [0, 0.1) is 0 Å². The van der Waals surface area contributed by atoms with Gasteiger partial charge in [0.05, 0.1) is 6.10 Å². The zero-order chi connectivity index (χ0) is 8.77. The van der Waals surface area contributed by atoms with Gasteiger partial charge >= 0.3 is 0 Å². The average Bonchev–Trinajstić information content (AvgIpc) is 2.29. The summed E-state index contributed by atoms with van der Waals surface area (Å²) >= 11 is 0. The predicted octanol–water partition coefficient (Wildman–Crippen LogP) is -1.06. The highest BCUT2D eigenvalue weighted by molar-refractivity contribution is 5.04. The number of aliphatic hydroxyl groups excluding tert-OH is 2. The van der Waals surface area contributed by atoms with Crippen molar-refractivity contribution < 1.29 is 15.3 Å². The maximum atomic E-state index is 9.82. The van der Waals surface area contributed by atoms with E-state index in [1.165, 1.54) is 0 Å². The fourth-order valence-corrected chi connectivity index (χ4v) is 2.22. The van der Waals surface area contributed by atoms with Crippen LogP contribution in [-0.2, 0) is 0 Å². The van der Waals surface area contributed by atoms with E-state index in [0.29, 0.717) is 6.42 Å². The molecule has 2 rings (SSSR count). The second-order valence-electron chi connectivity index (χ2n) is 3.86. The first-order chi connectivity index (χ1) is 5.63. The molecule has 2 fully saturated rings. The minimum Gasteiger partial charge on any atom is -0.389 e. The zero-order valence-electron chi connectivity index (χ0n) is 6.90. The Labute approximate surface area is 71.2 Å². The molecular formula is C8H15NO3. The molecule has 2 heterocycles. The number of rotatable bonds is 0.